The molecule has 0 spiro atoms. The molecule has 1 atom stereocenters. The van der Waals surface area contributed by atoms with Crippen molar-refractivity contribution in [3.05, 3.63) is 48.0 Å². The summed E-state index contributed by atoms with van der Waals surface area (Å²) in [5.74, 6) is -0.664. The third-order valence-corrected chi connectivity index (χ3v) is 4.25. The summed E-state index contributed by atoms with van der Waals surface area (Å²) in [6.07, 6.45) is 2.53. The number of hydrogen-bond donors (Lipinski definition) is 2. The summed E-state index contributed by atoms with van der Waals surface area (Å²) in [6, 6.07) is 6.44. The third kappa shape index (κ3) is 4.68. The maximum atomic E-state index is 14.7. The lowest BCUT2D eigenvalue weighted by atomic mass is 10.2. The molecule has 0 radical (unpaired) electrons. The fourth-order valence-corrected chi connectivity index (χ4v) is 2.90. The Hall–Kier alpha value is -2.91. The Morgan fingerprint density at radius 1 is 1.39 bits per heavy atom. The zero-order valence-corrected chi connectivity index (χ0v) is 15.8. The van der Waals surface area contributed by atoms with Gasteiger partial charge in [0.05, 0.1) is 31.1 Å². The second-order valence-electron chi connectivity index (χ2n) is 6.37. The van der Waals surface area contributed by atoms with Crippen molar-refractivity contribution in [2.75, 3.05) is 24.6 Å². The van der Waals surface area contributed by atoms with Crippen LogP contribution in [-0.2, 0) is 20.9 Å². The number of cyclic esters (lactones) is 1. The van der Waals surface area contributed by atoms with E-state index in [4.69, 9.17) is 9.57 Å². The number of halogens is 1. The number of hydroxylamine groups is 1. The number of carbonyl (C=O) groups is 2. The van der Waals surface area contributed by atoms with Crippen LogP contribution in [0.5, 0.6) is 0 Å². The van der Waals surface area contributed by atoms with Crippen LogP contribution in [0.2, 0.25) is 0 Å². The molecule has 1 aromatic carbocycles. The number of carbonyl (C=O) groups excluding carboxylic acids is 2. The standard InChI is InChI=1S/C19H23FN4O4/c1-3-27-22-9-14-6-7-23(11-14)18-5-4-15(8-17(18)20)24-12-16(28-19(24)26)10-21-13(2)25/h4-8,11,16,22H,3,9-10,12H2,1-2H3,(H,21,25). The lowest BCUT2D eigenvalue weighted by Gasteiger charge is -2.15. The molecule has 28 heavy (non-hydrogen) atoms. The van der Waals surface area contributed by atoms with Crippen LogP contribution >= 0.6 is 0 Å². The molecule has 1 aromatic heterocycles. The molecule has 0 bridgehead atoms. The predicted octanol–water partition coefficient (Wildman–Crippen LogP) is 2.12. The van der Waals surface area contributed by atoms with Crippen LogP contribution in [0.1, 0.15) is 19.4 Å². The highest BCUT2D eigenvalue weighted by molar-refractivity contribution is 5.90. The fourth-order valence-electron chi connectivity index (χ4n) is 2.90. The molecule has 150 valence electrons. The van der Waals surface area contributed by atoms with Gasteiger partial charge in [-0.2, -0.15) is 5.48 Å². The zero-order valence-electron chi connectivity index (χ0n) is 15.8. The van der Waals surface area contributed by atoms with Crippen molar-refractivity contribution in [2.45, 2.75) is 26.5 Å². The Balaban J connectivity index is 1.69. The van der Waals surface area contributed by atoms with Gasteiger partial charge in [0.1, 0.15) is 11.9 Å². The van der Waals surface area contributed by atoms with E-state index in [0.29, 0.717) is 24.5 Å². The van der Waals surface area contributed by atoms with Crippen molar-refractivity contribution < 1.29 is 23.6 Å². The molecule has 1 saturated heterocycles. The van der Waals surface area contributed by atoms with E-state index >= 15 is 0 Å². The lowest BCUT2D eigenvalue weighted by molar-refractivity contribution is -0.119. The first-order valence-corrected chi connectivity index (χ1v) is 9.02. The summed E-state index contributed by atoms with van der Waals surface area (Å²) in [5.41, 5.74) is 4.53. The number of hydrogen-bond acceptors (Lipinski definition) is 5. The van der Waals surface area contributed by atoms with E-state index in [9.17, 15) is 14.0 Å². The van der Waals surface area contributed by atoms with Gasteiger partial charge in [-0.3, -0.25) is 9.69 Å². The minimum atomic E-state index is -0.562. The second kappa shape index (κ2) is 8.85. The molecule has 0 aliphatic carbocycles. The fraction of sp³-hybridized carbons (Fsp3) is 0.368. The van der Waals surface area contributed by atoms with Gasteiger partial charge < -0.3 is 19.5 Å². The van der Waals surface area contributed by atoms with Crippen LogP contribution in [0.25, 0.3) is 5.69 Å². The van der Waals surface area contributed by atoms with E-state index in [1.54, 1.807) is 29.1 Å². The predicted molar refractivity (Wildman–Crippen MR) is 100 cm³/mol. The number of nitrogens with zero attached hydrogens (tertiary/aromatic N) is 2. The molecule has 1 fully saturated rings. The Kier molecular flexibility index (Phi) is 6.27. The minimum absolute atomic E-state index is 0.201. The van der Waals surface area contributed by atoms with Gasteiger partial charge >= 0.3 is 6.09 Å². The van der Waals surface area contributed by atoms with Gasteiger partial charge in [-0.05, 0) is 36.8 Å². The first-order valence-electron chi connectivity index (χ1n) is 9.02. The molecule has 1 aliphatic heterocycles. The molecule has 3 rings (SSSR count). The van der Waals surface area contributed by atoms with Crippen LogP contribution in [-0.4, -0.2) is 42.4 Å². The summed E-state index contributed by atoms with van der Waals surface area (Å²) < 4.78 is 21.6. The summed E-state index contributed by atoms with van der Waals surface area (Å²) in [7, 11) is 0. The van der Waals surface area contributed by atoms with Crippen molar-refractivity contribution in [1.82, 2.24) is 15.4 Å². The van der Waals surface area contributed by atoms with Gasteiger partial charge in [-0.25, -0.2) is 9.18 Å². The topological polar surface area (TPSA) is 84.8 Å². The maximum absolute atomic E-state index is 14.7. The molecule has 0 saturated carbocycles. The van der Waals surface area contributed by atoms with E-state index < -0.39 is 18.0 Å². The van der Waals surface area contributed by atoms with E-state index in [1.165, 1.54) is 17.9 Å². The van der Waals surface area contributed by atoms with Crippen LogP contribution in [0.15, 0.2) is 36.7 Å². The lowest BCUT2D eigenvalue weighted by Crippen LogP contribution is -2.33. The number of anilines is 1. The van der Waals surface area contributed by atoms with Gasteiger partial charge in [-0.1, -0.05) is 0 Å². The smallest absolute Gasteiger partial charge is 0.414 e. The molecule has 1 aliphatic rings. The Morgan fingerprint density at radius 3 is 2.93 bits per heavy atom. The monoisotopic (exact) mass is 390 g/mol. The summed E-state index contributed by atoms with van der Waals surface area (Å²) in [4.78, 5) is 29.5. The third-order valence-electron chi connectivity index (χ3n) is 4.25. The van der Waals surface area contributed by atoms with E-state index in [-0.39, 0.29) is 19.0 Å². The first kappa shape index (κ1) is 19.8. The Bertz CT molecular complexity index is 854. The molecular weight excluding hydrogens is 367 g/mol. The highest BCUT2D eigenvalue weighted by Crippen LogP contribution is 2.25. The average molecular weight is 390 g/mol. The molecule has 9 heteroatoms. The number of benzene rings is 1. The zero-order chi connectivity index (χ0) is 20.1. The Labute approximate surface area is 162 Å². The van der Waals surface area contributed by atoms with Gasteiger partial charge in [0.25, 0.3) is 0 Å². The van der Waals surface area contributed by atoms with Gasteiger partial charge in [0.15, 0.2) is 0 Å². The van der Waals surface area contributed by atoms with Gasteiger partial charge in [-0.15, -0.1) is 0 Å². The number of ether oxygens (including phenoxy) is 1. The van der Waals surface area contributed by atoms with E-state index in [2.05, 4.69) is 10.8 Å². The summed E-state index contributed by atoms with van der Waals surface area (Å²) >= 11 is 0. The SMILES string of the molecule is CCONCc1ccn(-c2ccc(N3CC(CNC(C)=O)OC3=O)cc2F)c1. The van der Waals surface area contributed by atoms with Gasteiger partial charge in [0, 0.05) is 25.9 Å². The number of nitrogens with one attached hydrogen (secondary N) is 2. The molecule has 1 unspecified atom stereocenters. The number of rotatable bonds is 8. The molecule has 2 N–H and O–H groups in total. The first-order chi connectivity index (χ1) is 13.5. The normalized spacial score (nSPS) is 16.3. The molecular formula is C19H23FN4O4. The van der Waals surface area contributed by atoms with E-state index in [0.717, 1.165) is 5.56 Å². The maximum Gasteiger partial charge on any atom is 0.414 e. The van der Waals surface area contributed by atoms with Crippen LogP contribution in [0, 0.1) is 5.82 Å². The van der Waals surface area contributed by atoms with E-state index in [1.807, 2.05) is 13.0 Å². The molecule has 2 aromatic rings. The van der Waals surface area contributed by atoms with Crippen molar-refractivity contribution in [2.24, 2.45) is 0 Å². The quantitative estimate of drug-likeness (QED) is 0.533. The molecule has 2 amide bonds. The summed E-state index contributed by atoms with van der Waals surface area (Å²) in [5, 5.41) is 2.61. The largest absolute Gasteiger partial charge is 0.442 e. The average Bonchev–Trinajstić information content (AvgIpc) is 3.27. The van der Waals surface area contributed by atoms with Gasteiger partial charge in [0.2, 0.25) is 5.91 Å². The van der Waals surface area contributed by atoms with Crippen LogP contribution < -0.4 is 15.7 Å². The van der Waals surface area contributed by atoms with Crippen molar-refractivity contribution >= 4 is 17.7 Å². The summed E-state index contributed by atoms with van der Waals surface area (Å²) in [6.45, 7) is 4.81. The molecule has 8 nitrogen and oxygen atoms in total. The highest BCUT2D eigenvalue weighted by Gasteiger charge is 2.32. The van der Waals surface area contributed by atoms with Crippen molar-refractivity contribution in [3.8, 4) is 5.69 Å². The molecule has 2 heterocycles. The second-order valence-corrected chi connectivity index (χ2v) is 6.37. The number of aromatic nitrogens is 1. The van der Waals surface area contributed by atoms with Crippen LogP contribution in [0.3, 0.4) is 0 Å². The van der Waals surface area contributed by atoms with Crippen LogP contribution in [0.4, 0.5) is 14.9 Å². The highest BCUT2D eigenvalue weighted by atomic mass is 19.1. The Morgan fingerprint density at radius 2 is 2.21 bits per heavy atom. The van der Waals surface area contributed by atoms with Crippen molar-refractivity contribution in [1.29, 1.82) is 0 Å². The number of amides is 2. The minimum Gasteiger partial charge on any atom is -0.442 e. The van der Waals surface area contributed by atoms with Crippen molar-refractivity contribution in [3.63, 3.8) is 0 Å².